The Hall–Kier alpha value is -2.33. The molecule has 2 aromatic carbocycles. The maximum absolute atomic E-state index is 5.40. The van der Waals surface area contributed by atoms with Crippen molar-refractivity contribution in [2.75, 3.05) is 0 Å². The van der Waals surface area contributed by atoms with E-state index in [1.807, 2.05) is 42.5 Å². The molecule has 24 heavy (non-hydrogen) atoms. The second-order valence-electron chi connectivity index (χ2n) is 5.63. The highest BCUT2D eigenvalue weighted by molar-refractivity contribution is 9.10. The Balaban J connectivity index is 1.74. The first-order chi connectivity index (χ1) is 11.6. The van der Waals surface area contributed by atoms with Gasteiger partial charge in [0, 0.05) is 27.1 Å². The first-order valence-corrected chi connectivity index (χ1v) is 8.58. The van der Waals surface area contributed by atoms with E-state index >= 15 is 0 Å². The number of benzene rings is 2. The van der Waals surface area contributed by atoms with E-state index in [1.165, 1.54) is 5.69 Å². The summed E-state index contributed by atoms with van der Waals surface area (Å²) in [5.74, 6) is 0. The monoisotopic (exact) mass is 382 g/mol. The summed E-state index contributed by atoms with van der Waals surface area (Å²) in [6, 6.07) is 20.4. The van der Waals surface area contributed by atoms with Crippen molar-refractivity contribution in [1.29, 1.82) is 0 Å². The molecular weight excluding hydrogens is 364 g/mol. The summed E-state index contributed by atoms with van der Waals surface area (Å²) in [5.41, 5.74) is 5.61. The van der Waals surface area contributed by atoms with Gasteiger partial charge in [0.25, 0.3) is 0 Å². The summed E-state index contributed by atoms with van der Waals surface area (Å²) in [7, 11) is 0. The molecule has 0 unspecified atom stereocenters. The van der Waals surface area contributed by atoms with Gasteiger partial charge in [-0.3, -0.25) is 0 Å². The molecule has 0 aliphatic rings. The lowest BCUT2D eigenvalue weighted by atomic mass is 10.2. The number of nitrogens with zero attached hydrogens (tertiary/aromatic N) is 2. The topological polar surface area (TPSA) is 26.5 Å². The first kappa shape index (κ1) is 16.5. The van der Waals surface area contributed by atoms with E-state index in [1.54, 1.807) is 6.21 Å². The van der Waals surface area contributed by atoms with Crippen LogP contribution >= 0.6 is 15.9 Å². The van der Waals surface area contributed by atoms with Gasteiger partial charge in [0.05, 0.1) is 6.21 Å². The van der Waals surface area contributed by atoms with Crippen LogP contribution in [0.5, 0.6) is 0 Å². The normalized spacial score (nSPS) is 11.1. The zero-order chi connectivity index (χ0) is 16.9. The predicted octanol–water partition coefficient (Wildman–Crippen LogP) is 5.41. The zero-order valence-electron chi connectivity index (χ0n) is 13.7. The van der Waals surface area contributed by atoms with Crippen molar-refractivity contribution in [3.63, 3.8) is 0 Å². The van der Waals surface area contributed by atoms with Crippen LogP contribution in [0, 0.1) is 13.8 Å². The summed E-state index contributed by atoms with van der Waals surface area (Å²) in [4.78, 5) is 5.40. The number of aromatic nitrogens is 1. The van der Waals surface area contributed by atoms with Crippen LogP contribution in [0.3, 0.4) is 0 Å². The van der Waals surface area contributed by atoms with Gasteiger partial charge in [-0.15, -0.1) is 0 Å². The highest BCUT2D eigenvalue weighted by Crippen LogP contribution is 2.21. The number of aryl methyl sites for hydroxylation is 1. The van der Waals surface area contributed by atoms with Crippen LogP contribution in [0.25, 0.3) is 5.69 Å². The number of hydrogen-bond acceptors (Lipinski definition) is 2. The Morgan fingerprint density at radius 3 is 2.46 bits per heavy atom. The lowest BCUT2D eigenvalue weighted by molar-refractivity contribution is 0.132. The third kappa shape index (κ3) is 3.77. The summed E-state index contributed by atoms with van der Waals surface area (Å²) >= 11 is 3.47. The van der Waals surface area contributed by atoms with Crippen LogP contribution in [-0.4, -0.2) is 10.8 Å². The van der Waals surface area contributed by atoms with Crippen molar-refractivity contribution in [2.45, 2.75) is 20.5 Å². The van der Waals surface area contributed by atoms with Crippen molar-refractivity contribution < 1.29 is 4.84 Å². The van der Waals surface area contributed by atoms with Gasteiger partial charge in [0.2, 0.25) is 0 Å². The van der Waals surface area contributed by atoms with E-state index in [-0.39, 0.29) is 0 Å². The lowest BCUT2D eigenvalue weighted by Gasteiger charge is -2.09. The zero-order valence-corrected chi connectivity index (χ0v) is 15.3. The fourth-order valence-electron chi connectivity index (χ4n) is 2.69. The summed E-state index contributed by atoms with van der Waals surface area (Å²) in [5, 5.41) is 4.11. The number of rotatable bonds is 5. The van der Waals surface area contributed by atoms with Crippen molar-refractivity contribution in [3.8, 4) is 5.69 Å². The van der Waals surface area contributed by atoms with E-state index < -0.39 is 0 Å². The third-order valence-corrected chi connectivity index (χ3v) is 4.42. The van der Waals surface area contributed by atoms with E-state index in [0.717, 1.165) is 27.0 Å². The molecule has 0 saturated carbocycles. The van der Waals surface area contributed by atoms with E-state index in [0.29, 0.717) is 6.61 Å². The molecule has 1 aromatic heterocycles. The Labute approximate surface area is 150 Å². The Morgan fingerprint density at radius 2 is 1.75 bits per heavy atom. The maximum Gasteiger partial charge on any atom is 0.142 e. The van der Waals surface area contributed by atoms with E-state index in [4.69, 9.17) is 4.84 Å². The van der Waals surface area contributed by atoms with Crippen LogP contribution in [0.15, 0.2) is 70.3 Å². The van der Waals surface area contributed by atoms with E-state index in [2.05, 4.69) is 57.7 Å². The molecule has 0 aliphatic heterocycles. The molecule has 0 fully saturated rings. The van der Waals surface area contributed by atoms with Crippen molar-refractivity contribution >= 4 is 22.1 Å². The summed E-state index contributed by atoms with van der Waals surface area (Å²) < 4.78 is 3.29. The average molecular weight is 383 g/mol. The minimum atomic E-state index is 0.475. The van der Waals surface area contributed by atoms with Crippen LogP contribution in [0.4, 0.5) is 0 Å². The van der Waals surface area contributed by atoms with Gasteiger partial charge in [-0.05, 0) is 49.7 Å². The van der Waals surface area contributed by atoms with Crippen molar-refractivity contribution in [2.24, 2.45) is 5.16 Å². The number of halogens is 1. The third-order valence-electron chi connectivity index (χ3n) is 3.90. The van der Waals surface area contributed by atoms with Crippen molar-refractivity contribution in [1.82, 2.24) is 4.57 Å². The fraction of sp³-hybridized carbons (Fsp3) is 0.150. The molecule has 0 N–H and O–H groups in total. The highest BCUT2D eigenvalue weighted by Gasteiger charge is 2.09. The Bertz CT molecular complexity index is 836. The molecular formula is C20H19BrN2O. The number of hydrogen-bond donors (Lipinski definition) is 0. The highest BCUT2D eigenvalue weighted by atomic mass is 79.9. The molecule has 1 heterocycles. The molecule has 4 heteroatoms. The molecule has 3 rings (SSSR count). The van der Waals surface area contributed by atoms with E-state index in [9.17, 15) is 0 Å². The van der Waals surface area contributed by atoms with Gasteiger partial charge in [-0.2, -0.15) is 0 Å². The Kier molecular flexibility index (Phi) is 5.16. The summed E-state index contributed by atoms with van der Waals surface area (Å²) in [6.45, 7) is 4.66. The SMILES string of the molecule is Cc1cc(/C=N/OCc2ccccc2)c(C)n1-c1ccc(Br)cc1. The lowest BCUT2D eigenvalue weighted by Crippen LogP contribution is -1.99. The molecule has 0 bridgehead atoms. The van der Waals surface area contributed by atoms with Crippen LogP contribution < -0.4 is 0 Å². The summed E-state index contributed by atoms with van der Waals surface area (Å²) in [6.07, 6.45) is 1.78. The average Bonchev–Trinajstić information content (AvgIpc) is 2.88. The first-order valence-electron chi connectivity index (χ1n) is 7.79. The molecule has 122 valence electrons. The van der Waals surface area contributed by atoms with Gasteiger partial charge >= 0.3 is 0 Å². The molecule has 0 saturated heterocycles. The van der Waals surface area contributed by atoms with Gasteiger partial charge in [-0.25, -0.2) is 0 Å². The largest absolute Gasteiger partial charge is 0.391 e. The number of oxime groups is 1. The molecule has 3 nitrogen and oxygen atoms in total. The molecule has 0 atom stereocenters. The molecule has 3 aromatic rings. The van der Waals surface area contributed by atoms with Crippen LogP contribution in [-0.2, 0) is 11.4 Å². The Morgan fingerprint density at radius 1 is 1.04 bits per heavy atom. The van der Waals surface area contributed by atoms with Gasteiger partial charge < -0.3 is 9.40 Å². The van der Waals surface area contributed by atoms with Gasteiger partial charge in [-0.1, -0.05) is 51.4 Å². The standard InChI is InChI=1S/C20H19BrN2O/c1-15-12-18(13-22-24-14-17-6-4-3-5-7-17)16(2)23(15)20-10-8-19(21)9-11-20/h3-13H,14H2,1-2H3/b22-13+. The maximum atomic E-state index is 5.40. The second kappa shape index (κ2) is 7.49. The predicted molar refractivity (Wildman–Crippen MR) is 102 cm³/mol. The van der Waals surface area contributed by atoms with Crippen molar-refractivity contribution in [3.05, 3.63) is 87.7 Å². The van der Waals surface area contributed by atoms with Gasteiger partial charge in [0.1, 0.15) is 6.61 Å². The van der Waals surface area contributed by atoms with Crippen LogP contribution in [0.1, 0.15) is 22.5 Å². The van der Waals surface area contributed by atoms with Gasteiger partial charge in [0.15, 0.2) is 0 Å². The quantitative estimate of drug-likeness (QED) is 0.428. The minimum absolute atomic E-state index is 0.475. The molecule has 0 amide bonds. The van der Waals surface area contributed by atoms with Crippen LogP contribution in [0.2, 0.25) is 0 Å². The minimum Gasteiger partial charge on any atom is -0.391 e. The molecule has 0 radical (unpaired) electrons. The molecule has 0 spiro atoms. The second-order valence-corrected chi connectivity index (χ2v) is 6.55. The smallest absolute Gasteiger partial charge is 0.142 e. The fourth-order valence-corrected chi connectivity index (χ4v) is 2.95. The molecule has 0 aliphatic carbocycles.